The Hall–Kier alpha value is -2.76. The summed E-state index contributed by atoms with van der Waals surface area (Å²) in [5.74, 6) is -1.38. The van der Waals surface area contributed by atoms with Gasteiger partial charge in [0.1, 0.15) is 0 Å². The third kappa shape index (κ3) is 2.75. The first-order chi connectivity index (χ1) is 12.6. The molecule has 0 saturated carbocycles. The van der Waals surface area contributed by atoms with Gasteiger partial charge < -0.3 is 4.90 Å². The summed E-state index contributed by atoms with van der Waals surface area (Å²) in [6.45, 7) is 0.415. The molecule has 4 rings (SSSR count). The summed E-state index contributed by atoms with van der Waals surface area (Å²) < 4.78 is 0. The van der Waals surface area contributed by atoms with Crippen LogP contribution in [0.5, 0.6) is 0 Å². The van der Waals surface area contributed by atoms with Gasteiger partial charge in [0.05, 0.1) is 18.4 Å². The molecular formula is C20H20N2O4. The smallest absolute Gasteiger partial charge is 0.233 e. The standard InChI is InChI=1S/C20H20N2O4/c23-17(12-22-19(25)15-7-1-2-8-16(15)20(22)26)13-5-3-6-14(11-13)21-10-4-9-18(21)24/h1-3,5-6,11,15-16H,4,7-10,12H2/t15-,16-/m0/s1. The minimum atomic E-state index is -0.325. The molecule has 0 aromatic heterocycles. The third-order valence-electron chi connectivity index (χ3n) is 5.45. The summed E-state index contributed by atoms with van der Waals surface area (Å²) >= 11 is 0. The zero-order valence-corrected chi connectivity index (χ0v) is 14.4. The SMILES string of the molecule is O=C(CN1C(=O)[C@H]2CC=CC[C@@H]2C1=O)c1cccc(N2CCCC2=O)c1. The summed E-state index contributed by atoms with van der Waals surface area (Å²) in [4.78, 5) is 52.4. The minimum absolute atomic E-state index is 0.0519. The van der Waals surface area contributed by atoms with Gasteiger partial charge in [0.15, 0.2) is 5.78 Å². The van der Waals surface area contributed by atoms with E-state index in [0.717, 1.165) is 11.3 Å². The molecule has 2 fully saturated rings. The quantitative estimate of drug-likeness (QED) is 0.472. The number of imide groups is 1. The Labute approximate surface area is 151 Å². The van der Waals surface area contributed by atoms with E-state index in [1.807, 2.05) is 12.2 Å². The molecule has 6 heteroatoms. The van der Waals surface area contributed by atoms with Crippen LogP contribution in [-0.2, 0) is 14.4 Å². The number of fused-ring (bicyclic) bond motifs is 1. The fourth-order valence-corrected chi connectivity index (χ4v) is 4.03. The van der Waals surface area contributed by atoms with Crippen molar-refractivity contribution in [2.24, 2.45) is 11.8 Å². The number of ketones is 1. The van der Waals surface area contributed by atoms with E-state index in [-0.39, 0.29) is 41.9 Å². The molecule has 2 heterocycles. The zero-order chi connectivity index (χ0) is 18.3. The van der Waals surface area contributed by atoms with Gasteiger partial charge in [-0.25, -0.2) is 0 Å². The molecule has 134 valence electrons. The minimum Gasteiger partial charge on any atom is -0.312 e. The molecule has 0 radical (unpaired) electrons. The summed E-state index contributed by atoms with van der Waals surface area (Å²) in [6.07, 6.45) is 6.30. The van der Waals surface area contributed by atoms with E-state index >= 15 is 0 Å². The number of carbonyl (C=O) groups excluding carboxylic acids is 4. The van der Waals surface area contributed by atoms with Crippen molar-refractivity contribution >= 4 is 29.2 Å². The Bertz CT molecular complexity index is 803. The van der Waals surface area contributed by atoms with Crippen LogP contribution in [-0.4, -0.2) is 41.5 Å². The van der Waals surface area contributed by atoms with Gasteiger partial charge in [-0.2, -0.15) is 0 Å². The largest absolute Gasteiger partial charge is 0.312 e. The lowest BCUT2D eigenvalue weighted by molar-refractivity contribution is -0.139. The summed E-state index contributed by atoms with van der Waals surface area (Å²) in [7, 11) is 0. The maximum Gasteiger partial charge on any atom is 0.233 e. The number of hydrogen-bond acceptors (Lipinski definition) is 4. The van der Waals surface area contributed by atoms with Crippen LogP contribution in [0.4, 0.5) is 5.69 Å². The molecule has 1 aromatic rings. The van der Waals surface area contributed by atoms with E-state index in [1.165, 1.54) is 0 Å². The van der Waals surface area contributed by atoms with Crippen LogP contribution in [0.3, 0.4) is 0 Å². The Morgan fingerprint density at radius 1 is 1.04 bits per heavy atom. The van der Waals surface area contributed by atoms with E-state index in [0.29, 0.717) is 37.1 Å². The van der Waals surface area contributed by atoms with Gasteiger partial charge in [-0.3, -0.25) is 24.1 Å². The number of anilines is 1. The first-order valence-corrected chi connectivity index (χ1v) is 9.00. The lowest BCUT2D eigenvalue weighted by atomic mass is 9.85. The second-order valence-corrected chi connectivity index (χ2v) is 7.04. The highest BCUT2D eigenvalue weighted by Gasteiger charge is 2.47. The molecule has 2 aliphatic heterocycles. The summed E-state index contributed by atoms with van der Waals surface area (Å²) in [5.41, 5.74) is 1.10. The van der Waals surface area contributed by atoms with E-state index in [4.69, 9.17) is 0 Å². The van der Waals surface area contributed by atoms with Gasteiger partial charge in [-0.1, -0.05) is 24.3 Å². The van der Waals surface area contributed by atoms with E-state index < -0.39 is 0 Å². The average molecular weight is 352 g/mol. The molecular weight excluding hydrogens is 332 g/mol. The van der Waals surface area contributed by atoms with E-state index in [9.17, 15) is 19.2 Å². The maximum absolute atomic E-state index is 12.7. The van der Waals surface area contributed by atoms with Crippen molar-refractivity contribution in [3.05, 3.63) is 42.0 Å². The summed E-state index contributed by atoms with van der Waals surface area (Å²) in [5, 5.41) is 0. The van der Waals surface area contributed by atoms with Gasteiger partial charge in [0, 0.05) is 24.2 Å². The molecule has 1 aromatic carbocycles. The lowest BCUT2D eigenvalue weighted by Crippen LogP contribution is -2.36. The first-order valence-electron chi connectivity index (χ1n) is 9.00. The fraction of sp³-hybridized carbons (Fsp3) is 0.400. The van der Waals surface area contributed by atoms with Crippen molar-refractivity contribution in [2.45, 2.75) is 25.7 Å². The van der Waals surface area contributed by atoms with Crippen LogP contribution in [0.15, 0.2) is 36.4 Å². The predicted octanol–water partition coefficient (Wildman–Crippen LogP) is 1.95. The first kappa shape index (κ1) is 16.7. The monoisotopic (exact) mass is 352 g/mol. The van der Waals surface area contributed by atoms with Crippen LogP contribution in [0.2, 0.25) is 0 Å². The lowest BCUT2D eigenvalue weighted by Gasteiger charge is -2.17. The number of hydrogen-bond donors (Lipinski definition) is 0. The second kappa shape index (κ2) is 6.52. The van der Waals surface area contributed by atoms with Crippen molar-refractivity contribution in [3.63, 3.8) is 0 Å². The normalized spacial score (nSPS) is 25.2. The molecule has 6 nitrogen and oxygen atoms in total. The third-order valence-corrected chi connectivity index (χ3v) is 5.45. The van der Waals surface area contributed by atoms with Gasteiger partial charge in [0.25, 0.3) is 0 Å². The van der Waals surface area contributed by atoms with Crippen molar-refractivity contribution in [1.82, 2.24) is 4.90 Å². The molecule has 0 bridgehead atoms. The molecule has 0 N–H and O–H groups in total. The van der Waals surface area contributed by atoms with Crippen LogP contribution in [0.1, 0.15) is 36.0 Å². The maximum atomic E-state index is 12.7. The topological polar surface area (TPSA) is 74.8 Å². The Kier molecular flexibility index (Phi) is 4.18. The van der Waals surface area contributed by atoms with Crippen LogP contribution < -0.4 is 4.90 Å². The van der Waals surface area contributed by atoms with Gasteiger partial charge in [0.2, 0.25) is 17.7 Å². The Morgan fingerprint density at radius 2 is 1.73 bits per heavy atom. The number of nitrogens with zero attached hydrogens (tertiary/aromatic N) is 2. The zero-order valence-electron chi connectivity index (χ0n) is 14.4. The van der Waals surface area contributed by atoms with Gasteiger partial charge in [-0.15, -0.1) is 0 Å². The Morgan fingerprint density at radius 3 is 2.35 bits per heavy atom. The molecule has 2 saturated heterocycles. The van der Waals surface area contributed by atoms with Gasteiger partial charge in [-0.05, 0) is 31.4 Å². The predicted molar refractivity (Wildman–Crippen MR) is 94.4 cm³/mol. The van der Waals surface area contributed by atoms with E-state index in [1.54, 1.807) is 29.2 Å². The number of carbonyl (C=O) groups is 4. The molecule has 0 spiro atoms. The number of allylic oxidation sites excluding steroid dienone is 2. The molecule has 2 atom stereocenters. The highest BCUT2D eigenvalue weighted by atomic mass is 16.2. The average Bonchev–Trinajstić information content (AvgIpc) is 3.19. The molecule has 3 aliphatic rings. The number of benzene rings is 1. The number of Topliss-reactive ketones (excluding diaryl/α,β-unsaturated/α-hetero) is 1. The van der Waals surface area contributed by atoms with Crippen molar-refractivity contribution in [3.8, 4) is 0 Å². The molecule has 0 unspecified atom stereocenters. The van der Waals surface area contributed by atoms with Gasteiger partial charge >= 0.3 is 0 Å². The Balaban J connectivity index is 1.51. The van der Waals surface area contributed by atoms with Crippen molar-refractivity contribution in [1.29, 1.82) is 0 Å². The number of likely N-dealkylation sites (tertiary alicyclic amines) is 1. The van der Waals surface area contributed by atoms with Crippen molar-refractivity contribution < 1.29 is 19.2 Å². The fourth-order valence-electron chi connectivity index (χ4n) is 4.03. The van der Waals surface area contributed by atoms with Crippen LogP contribution in [0.25, 0.3) is 0 Å². The number of amides is 3. The second-order valence-electron chi connectivity index (χ2n) is 7.04. The van der Waals surface area contributed by atoms with E-state index in [2.05, 4.69) is 0 Å². The van der Waals surface area contributed by atoms with Crippen molar-refractivity contribution in [2.75, 3.05) is 18.0 Å². The van der Waals surface area contributed by atoms with Crippen LogP contribution >= 0.6 is 0 Å². The molecule has 3 amide bonds. The number of rotatable bonds is 4. The summed E-state index contributed by atoms with van der Waals surface area (Å²) in [6, 6.07) is 6.86. The highest BCUT2D eigenvalue weighted by molar-refractivity contribution is 6.10. The molecule has 26 heavy (non-hydrogen) atoms. The molecule has 1 aliphatic carbocycles. The van der Waals surface area contributed by atoms with Crippen LogP contribution in [0, 0.1) is 11.8 Å². The highest BCUT2D eigenvalue weighted by Crippen LogP contribution is 2.35.